The Balaban J connectivity index is 2.28. The van der Waals surface area contributed by atoms with Gasteiger partial charge >= 0.3 is 0 Å². The summed E-state index contributed by atoms with van der Waals surface area (Å²) in [5, 5.41) is 0.774. The van der Waals surface area contributed by atoms with E-state index in [9.17, 15) is 0 Å². The van der Waals surface area contributed by atoms with Crippen LogP contribution in [0.3, 0.4) is 0 Å². The van der Waals surface area contributed by atoms with Crippen molar-refractivity contribution in [1.29, 1.82) is 0 Å². The Kier molecular flexibility index (Phi) is 3.32. The van der Waals surface area contributed by atoms with E-state index in [-0.39, 0.29) is 0 Å². The molecule has 20 heavy (non-hydrogen) atoms. The number of aromatic nitrogens is 2. The standard InChI is InChI=1S/C15H16ClN3S/c1-8-6-11(4-5-12(8)16)14-13(7-17)19-9(2)10(3)20-15(19)18-14/h4-6H,7,17H2,1-3H3. The van der Waals surface area contributed by atoms with Gasteiger partial charge in [0.05, 0.1) is 11.4 Å². The zero-order valence-electron chi connectivity index (χ0n) is 11.7. The number of hydrogen-bond acceptors (Lipinski definition) is 3. The van der Waals surface area contributed by atoms with Crippen LogP contribution in [0.1, 0.15) is 21.8 Å². The smallest absolute Gasteiger partial charge is 0.194 e. The third-order valence-electron chi connectivity index (χ3n) is 3.66. The summed E-state index contributed by atoms with van der Waals surface area (Å²) in [5.41, 5.74) is 11.3. The lowest BCUT2D eigenvalue weighted by Crippen LogP contribution is -2.03. The van der Waals surface area contributed by atoms with Gasteiger partial charge in [-0.2, -0.15) is 0 Å². The first-order chi connectivity index (χ1) is 9.52. The molecule has 0 aliphatic heterocycles. The molecule has 3 rings (SSSR count). The highest BCUT2D eigenvalue weighted by atomic mass is 35.5. The van der Waals surface area contributed by atoms with Crippen molar-refractivity contribution in [2.45, 2.75) is 27.3 Å². The first-order valence-electron chi connectivity index (χ1n) is 6.47. The van der Waals surface area contributed by atoms with E-state index in [1.54, 1.807) is 11.3 Å². The van der Waals surface area contributed by atoms with Crippen molar-refractivity contribution in [1.82, 2.24) is 9.38 Å². The Hall–Kier alpha value is -1.36. The summed E-state index contributed by atoms with van der Waals surface area (Å²) in [7, 11) is 0. The second-order valence-electron chi connectivity index (χ2n) is 4.94. The number of hydrogen-bond donors (Lipinski definition) is 1. The van der Waals surface area contributed by atoms with Crippen molar-refractivity contribution in [2.75, 3.05) is 0 Å². The Bertz CT molecular complexity index is 801. The number of nitrogens with two attached hydrogens (primary N) is 1. The van der Waals surface area contributed by atoms with Gasteiger partial charge in [-0.05, 0) is 38.5 Å². The average Bonchev–Trinajstić information content (AvgIpc) is 2.91. The lowest BCUT2D eigenvalue weighted by Gasteiger charge is -2.05. The summed E-state index contributed by atoms with van der Waals surface area (Å²) in [6.45, 7) is 6.69. The minimum absolute atomic E-state index is 0.467. The van der Waals surface area contributed by atoms with Crippen LogP contribution in [0.5, 0.6) is 0 Å². The van der Waals surface area contributed by atoms with Gasteiger partial charge < -0.3 is 5.73 Å². The van der Waals surface area contributed by atoms with Gasteiger partial charge in [0.1, 0.15) is 0 Å². The van der Waals surface area contributed by atoms with Crippen molar-refractivity contribution >= 4 is 27.9 Å². The van der Waals surface area contributed by atoms with Gasteiger partial charge in [-0.25, -0.2) is 4.98 Å². The van der Waals surface area contributed by atoms with Gasteiger partial charge in [0.25, 0.3) is 0 Å². The molecule has 0 aliphatic carbocycles. The molecule has 0 spiro atoms. The molecular formula is C15H16ClN3S. The third kappa shape index (κ3) is 1.95. The SMILES string of the molecule is Cc1cc(-c2nc3sc(C)c(C)n3c2CN)ccc1Cl. The van der Waals surface area contributed by atoms with Crippen LogP contribution in [0.2, 0.25) is 5.02 Å². The van der Waals surface area contributed by atoms with E-state index >= 15 is 0 Å². The van der Waals surface area contributed by atoms with E-state index in [1.807, 2.05) is 19.1 Å². The number of fused-ring (bicyclic) bond motifs is 1. The fraction of sp³-hybridized carbons (Fsp3) is 0.267. The highest BCUT2D eigenvalue weighted by molar-refractivity contribution is 7.17. The minimum Gasteiger partial charge on any atom is -0.325 e. The van der Waals surface area contributed by atoms with Crippen LogP contribution in [-0.4, -0.2) is 9.38 Å². The van der Waals surface area contributed by atoms with E-state index < -0.39 is 0 Å². The lowest BCUT2D eigenvalue weighted by molar-refractivity contribution is 0.941. The molecule has 3 nitrogen and oxygen atoms in total. The second kappa shape index (κ2) is 4.88. The Morgan fingerprint density at radius 3 is 2.70 bits per heavy atom. The van der Waals surface area contributed by atoms with Gasteiger partial charge in [0.15, 0.2) is 4.96 Å². The number of thiazole rings is 1. The monoisotopic (exact) mass is 305 g/mol. The topological polar surface area (TPSA) is 43.3 Å². The Morgan fingerprint density at radius 2 is 2.05 bits per heavy atom. The van der Waals surface area contributed by atoms with Gasteiger partial charge in [0.2, 0.25) is 0 Å². The second-order valence-corrected chi connectivity index (χ2v) is 6.53. The highest BCUT2D eigenvalue weighted by Crippen LogP contribution is 2.32. The van der Waals surface area contributed by atoms with E-state index in [2.05, 4.69) is 24.3 Å². The molecule has 0 radical (unpaired) electrons. The molecule has 0 atom stereocenters. The van der Waals surface area contributed by atoms with Crippen molar-refractivity contribution in [3.05, 3.63) is 45.1 Å². The summed E-state index contributed by atoms with van der Waals surface area (Å²) in [6.07, 6.45) is 0. The van der Waals surface area contributed by atoms with Crippen LogP contribution in [0.4, 0.5) is 0 Å². The number of benzene rings is 1. The van der Waals surface area contributed by atoms with Crippen LogP contribution >= 0.6 is 22.9 Å². The van der Waals surface area contributed by atoms with Crippen LogP contribution in [-0.2, 0) is 6.54 Å². The molecule has 2 heterocycles. The molecular weight excluding hydrogens is 290 g/mol. The molecule has 2 N–H and O–H groups in total. The molecule has 104 valence electrons. The van der Waals surface area contributed by atoms with Crippen LogP contribution < -0.4 is 5.73 Å². The molecule has 0 fully saturated rings. The molecule has 0 saturated heterocycles. The maximum atomic E-state index is 6.10. The summed E-state index contributed by atoms with van der Waals surface area (Å²) >= 11 is 7.80. The van der Waals surface area contributed by atoms with Crippen LogP contribution in [0, 0.1) is 20.8 Å². The molecule has 0 bridgehead atoms. The number of halogens is 1. The molecule has 5 heteroatoms. The lowest BCUT2D eigenvalue weighted by atomic mass is 10.1. The summed E-state index contributed by atoms with van der Waals surface area (Å²) in [5.74, 6) is 0. The maximum Gasteiger partial charge on any atom is 0.194 e. The van der Waals surface area contributed by atoms with E-state index in [1.165, 1.54) is 10.6 Å². The largest absolute Gasteiger partial charge is 0.325 e. The zero-order chi connectivity index (χ0) is 14.4. The predicted molar refractivity (Wildman–Crippen MR) is 85.6 cm³/mol. The maximum absolute atomic E-state index is 6.10. The molecule has 0 aliphatic rings. The molecule has 2 aromatic heterocycles. The molecule has 3 aromatic rings. The minimum atomic E-state index is 0.467. The van der Waals surface area contributed by atoms with Crippen LogP contribution in [0.15, 0.2) is 18.2 Å². The normalized spacial score (nSPS) is 11.4. The van der Waals surface area contributed by atoms with Gasteiger partial charge in [0, 0.05) is 27.7 Å². The van der Waals surface area contributed by atoms with Gasteiger partial charge in [-0.15, -0.1) is 11.3 Å². The molecule has 0 unspecified atom stereocenters. The first kappa shape index (κ1) is 13.6. The fourth-order valence-corrected chi connectivity index (χ4v) is 3.53. The van der Waals surface area contributed by atoms with Crippen LogP contribution in [0.25, 0.3) is 16.2 Å². The Labute approximate surface area is 127 Å². The third-order valence-corrected chi connectivity index (χ3v) is 5.14. The van der Waals surface area contributed by atoms with Crippen molar-refractivity contribution < 1.29 is 0 Å². The predicted octanol–water partition coefficient (Wildman–Crippen LogP) is 4.10. The molecule has 0 amide bonds. The summed E-state index contributed by atoms with van der Waals surface area (Å²) in [4.78, 5) is 7.05. The number of imidazole rings is 1. The number of rotatable bonds is 2. The fourth-order valence-electron chi connectivity index (χ4n) is 2.43. The van der Waals surface area contributed by atoms with E-state index in [4.69, 9.17) is 22.3 Å². The van der Waals surface area contributed by atoms with E-state index in [0.717, 1.165) is 32.5 Å². The van der Waals surface area contributed by atoms with Gasteiger partial charge in [-0.1, -0.05) is 17.7 Å². The van der Waals surface area contributed by atoms with Crippen molar-refractivity contribution in [3.8, 4) is 11.3 Å². The number of nitrogens with zero attached hydrogens (tertiary/aromatic N) is 2. The van der Waals surface area contributed by atoms with Crippen molar-refractivity contribution in [2.24, 2.45) is 5.73 Å². The van der Waals surface area contributed by atoms with Crippen molar-refractivity contribution in [3.63, 3.8) is 0 Å². The molecule has 0 saturated carbocycles. The average molecular weight is 306 g/mol. The van der Waals surface area contributed by atoms with E-state index in [0.29, 0.717) is 6.54 Å². The molecule has 1 aromatic carbocycles. The Morgan fingerprint density at radius 1 is 1.30 bits per heavy atom. The summed E-state index contributed by atoms with van der Waals surface area (Å²) < 4.78 is 2.17. The first-order valence-corrected chi connectivity index (χ1v) is 7.66. The summed E-state index contributed by atoms with van der Waals surface area (Å²) in [6, 6.07) is 5.98. The number of aryl methyl sites for hydroxylation is 3. The highest BCUT2D eigenvalue weighted by Gasteiger charge is 2.17. The van der Waals surface area contributed by atoms with Gasteiger partial charge in [-0.3, -0.25) is 4.40 Å². The zero-order valence-corrected chi connectivity index (χ0v) is 13.3. The quantitative estimate of drug-likeness (QED) is 0.774.